The first-order valence-corrected chi connectivity index (χ1v) is 4.02. The molecule has 5 nitrogen and oxygen atoms in total. The molecule has 2 rings (SSSR count). The lowest BCUT2D eigenvalue weighted by Crippen LogP contribution is -2.32. The zero-order valence-corrected chi connectivity index (χ0v) is 7.33. The first-order valence-electron chi connectivity index (χ1n) is 4.02. The van der Waals surface area contributed by atoms with Gasteiger partial charge in [0.1, 0.15) is 0 Å². The summed E-state index contributed by atoms with van der Waals surface area (Å²) in [5, 5.41) is 10.6. The van der Waals surface area contributed by atoms with Crippen molar-refractivity contribution in [1.82, 2.24) is 10.1 Å². The summed E-state index contributed by atoms with van der Waals surface area (Å²) in [5.41, 5.74) is 1.08. The van der Waals surface area contributed by atoms with Gasteiger partial charge in [-0.05, 0) is 16.0 Å². The molecule has 0 aromatic heterocycles. The predicted molar refractivity (Wildman–Crippen MR) is 47.8 cm³/mol. The SMILES string of the molecule is CN1N=NN(N)C1c1ccccc1. The highest BCUT2D eigenvalue weighted by atomic mass is 15.9. The van der Waals surface area contributed by atoms with Crippen LogP contribution in [0.4, 0.5) is 0 Å². The van der Waals surface area contributed by atoms with Crippen molar-refractivity contribution in [3.63, 3.8) is 0 Å². The highest BCUT2D eigenvalue weighted by molar-refractivity contribution is 5.18. The molecule has 1 aromatic carbocycles. The largest absolute Gasteiger partial charge is 0.250 e. The van der Waals surface area contributed by atoms with Crippen molar-refractivity contribution in [2.45, 2.75) is 6.17 Å². The number of rotatable bonds is 1. The van der Waals surface area contributed by atoms with Crippen LogP contribution in [0.5, 0.6) is 0 Å². The van der Waals surface area contributed by atoms with Gasteiger partial charge in [-0.2, -0.15) is 5.12 Å². The van der Waals surface area contributed by atoms with Crippen molar-refractivity contribution >= 4 is 0 Å². The molecule has 0 amide bonds. The van der Waals surface area contributed by atoms with Gasteiger partial charge in [-0.25, -0.2) is 5.84 Å². The van der Waals surface area contributed by atoms with Crippen LogP contribution in [0.3, 0.4) is 0 Å². The average Bonchev–Trinajstić information content (AvgIpc) is 2.48. The molecule has 5 heteroatoms. The quantitative estimate of drug-likeness (QED) is 0.653. The molecule has 1 aromatic rings. The molecule has 1 unspecified atom stereocenters. The van der Waals surface area contributed by atoms with E-state index >= 15 is 0 Å². The Balaban J connectivity index is 2.27. The Labute approximate surface area is 76.4 Å². The molecule has 2 N–H and O–H groups in total. The Bertz CT molecular complexity index is 298. The van der Waals surface area contributed by atoms with Gasteiger partial charge in [0.05, 0.1) is 0 Å². The second kappa shape index (κ2) is 3.02. The van der Waals surface area contributed by atoms with Gasteiger partial charge in [0.15, 0.2) is 6.17 Å². The van der Waals surface area contributed by atoms with Crippen LogP contribution in [0.2, 0.25) is 0 Å². The van der Waals surface area contributed by atoms with Gasteiger partial charge < -0.3 is 0 Å². The van der Waals surface area contributed by atoms with Crippen molar-refractivity contribution < 1.29 is 0 Å². The summed E-state index contributed by atoms with van der Waals surface area (Å²) >= 11 is 0. The molecular weight excluding hydrogens is 166 g/mol. The van der Waals surface area contributed by atoms with Crippen molar-refractivity contribution in [2.75, 3.05) is 7.05 Å². The van der Waals surface area contributed by atoms with Gasteiger partial charge >= 0.3 is 0 Å². The van der Waals surface area contributed by atoms with E-state index in [2.05, 4.69) is 10.4 Å². The minimum absolute atomic E-state index is 0.0822. The van der Waals surface area contributed by atoms with Gasteiger partial charge in [-0.1, -0.05) is 30.3 Å². The van der Waals surface area contributed by atoms with E-state index in [9.17, 15) is 0 Å². The number of hydrazine groups is 1. The topological polar surface area (TPSA) is 57.2 Å². The minimum atomic E-state index is -0.0822. The van der Waals surface area contributed by atoms with Crippen LogP contribution in [0, 0.1) is 0 Å². The lowest BCUT2D eigenvalue weighted by atomic mass is 10.2. The Hall–Kier alpha value is -1.62. The Morgan fingerprint density at radius 3 is 2.46 bits per heavy atom. The number of nitrogens with two attached hydrogens (primary N) is 1. The van der Waals surface area contributed by atoms with Crippen molar-refractivity contribution in [3.8, 4) is 0 Å². The van der Waals surface area contributed by atoms with E-state index in [1.165, 1.54) is 5.12 Å². The number of hydrogen-bond donors (Lipinski definition) is 1. The molecule has 0 fully saturated rings. The fourth-order valence-electron chi connectivity index (χ4n) is 1.37. The highest BCUT2D eigenvalue weighted by Gasteiger charge is 2.25. The predicted octanol–water partition coefficient (Wildman–Crippen LogP) is 1.09. The third-order valence-corrected chi connectivity index (χ3v) is 1.99. The molecule has 0 aliphatic carbocycles. The molecule has 0 saturated heterocycles. The zero-order chi connectivity index (χ0) is 9.26. The van der Waals surface area contributed by atoms with Gasteiger partial charge in [-0.3, -0.25) is 5.01 Å². The summed E-state index contributed by atoms with van der Waals surface area (Å²) in [7, 11) is 1.84. The number of nitrogens with zero attached hydrogens (tertiary/aromatic N) is 4. The molecular formula is C8H11N5. The average molecular weight is 177 g/mol. The first kappa shape index (κ1) is 8.00. The molecule has 1 aliphatic rings. The highest BCUT2D eigenvalue weighted by Crippen LogP contribution is 2.26. The summed E-state index contributed by atoms with van der Waals surface area (Å²) in [4.78, 5) is 0. The Morgan fingerprint density at radius 2 is 1.92 bits per heavy atom. The van der Waals surface area contributed by atoms with E-state index in [1.807, 2.05) is 37.4 Å². The van der Waals surface area contributed by atoms with E-state index in [-0.39, 0.29) is 6.17 Å². The van der Waals surface area contributed by atoms with Gasteiger partial charge in [0, 0.05) is 7.05 Å². The van der Waals surface area contributed by atoms with Gasteiger partial charge in [0.25, 0.3) is 0 Å². The van der Waals surface area contributed by atoms with E-state index < -0.39 is 0 Å². The van der Waals surface area contributed by atoms with Crippen LogP contribution < -0.4 is 5.84 Å². The maximum Gasteiger partial charge on any atom is 0.179 e. The molecule has 0 radical (unpaired) electrons. The van der Waals surface area contributed by atoms with Crippen LogP contribution >= 0.6 is 0 Å². The molecule has 1 aliphatic heterocycles. The van der Waals surface area contributed by atoms with Gasteiger partial charge in [0.2, 0.25) is 0 Å². The maximum atomic E-state index is 5.63. The van der Waals surface area contributed by atoms with Crippen molar-refractivity contribution in [3.05, 3.63) is 35.9 Å². The number of hydrogen-bond acceptors (Lipinski definition) is 5. The summed E-state index contributed by atoms with van der Waals surface area (Å²) in [6.45, 7) is 0. The monoisotopic (exact) mass is 177 g/mol. The normalized spacial score (nSPS) is 21.2. The van der Waals surface area contributed by atoms with E-state index in [4.69, 9.17) is 5.84 Å². The second-order valence-corrected chi connectivity index (χ2v) is 2.92. The molecule has 1 atom stereocenters. The standard InChI is InChI=1S/C8H11N5/c1-12-8(13(9)11-10-12)7-5-3-2-4-6-7/h2-6,8H,9H2,1H3. The molecule has 0 saturated carbocycles. The van der Waals surface area contributed by atoms with Crippen molar-refractivity contribution in [1.29, 1.82) is 0 Å². The van der Waals surface area contributed by atoms with E-state index in [0.29, 0.717) is 0 Å². The lowest BCUT2D eigenvalue weighted by molar-refractivity contribution is 0.131. The lowest BCUT2D eigenvalue weighted by Gasteiger charge is -2.21. The van der Waals surface area contributed by atoms with Crippen LogP contribution in [0.25, 0.3) is 0 Å². The molecule has 1 heterocycles. The summed E-state index contributed by atoms with van der Waals surface area (Å²) in [6, 6.07) is 9.90. The smallest absolute Gasteiger partial charge is 0.179 e. The third kappa shape index (κ3) is 1.33. The molecule has 0 spiro atoms. The Morgan fingerprint density at radius 1 is 1.23 bits per heavy atom. The maximum absolute atomic E-state index is 5.63. The minimum Gasteiger partial charge on any atom is -0.250 e. The molecule has 13 heavy (non-hydrogen) atoms. The van der Waals surface area contributed by atoms with E-state index in [0.717, 1.165) is 5.56 Å². The van der Waals surface area contributed by atoms with Crippen LogP contribution in [-0.2, 0) is 0 Å². The summed E-state index contributed by atoms with van der Waals surface area (Å²) in [5.74, 6) is 5.63. The van der Waals surface area contributed by atoms with Crippen LogP contribution in [0.15, 0.2) is 40.8 Å². The third-order valence-electron chi connectivity index (χ3n) is 1.99. The fraction of sp³-hybridized carbons (Fsp3) is 0.250. The molecule has 68 valence electrons. The second-order valence-electron chi connectivity index (χ2n) is 2.92. The van der Waals surface area contributed by atoms with Crippen LogP contribution in [0.1, 0.15) is 11.7 Å². The summed E-state index contributed by atoms with van der Waals surface area (Å²) in [6.07, 6.45) is -0.0822. The molecule has 0 bridgehead atoms. The number of benzene rings is 1. The van der Waals surface area contributed by atoms with Gasteiger partial charge in [-0.15, -0.1) is 0 Å². The van der Waals surface area contributed by atoms with E-state index in [1.54, 1.807) is 5.01 Å². The van der Waals surface area contributed by atoms with Crippen molar-refractivity contribution in [2.24, 2.45) is 16.3 Å². The van der Waals surface area contributed by atoms with Crippen LogP contribution in [-0.4, -0.2) is 17.2 Å². The summed E-state index contributed by atoms with van der Waals surface area (Å²) < 4.78 is 0. The fourth-order valence-corrected chi connectivity index (χ4v) is 1.37. The zero-order valence-electron chi connectivity index (χ0n) is 7.33. The first-order chi connectivity index (χ1) is 6.29. The Kier molecular flexibility index (Phi) is 1.86.